The summed E-state index contributed by atoms with van der Waals surface area (Å²) >= 11 is 1.80. The number of benzene rings is 2. The van der Waals surface area contributed by atoms with Gasteiger partial charge in [0.1, 0.15) is 5.75 Å². The van der Waals surface area contributed by atoms with Crippen molar-refractivity contribution in [2.75, 3.05) is 0 Å². The second-order valence-electron chi connectivity index (χ2n) is 4.82. The van der Waals surface area contributed by atoms with E-state index in [1.165, 1.54) is 10.5 Å². The number of unbranched alkanes of at least 4 members (excludes halogenated alkanes) is 1. The average Bonchev–Trinajstić information content (AvgIpc) is 2.53. The zero-order valence-electron chi connectivity index (χ0n) is 12.2. The van der Waals surface area contributed by atoms with E-state index in [-0.39, 0.29) is 5.97 Å². The Morgan fingerprint density at radius 2 is 1.76 bits per heavy atom. The van der Waals surface area contributed by atoms with Gasteiger partial charge in [0.2, 0.25) is 0 Å². The second-order valence-corrected chi connectivity index (χ2v) is 5.87. The van der Waals surface area contributed by atoms with E-state index in [1.807, 2.05) is 42.5 Å². The van der Waals surface area contributed by atoms with Gasteiger partial charge in [-0.25, -0.2) is 0 Å². The molecule has 0 spiro atoms. The van der Waals surface area contributed by atoms with Crippen LogP contribution in [0.1, 0.15) is 31.7 Å². The lowest BCUT2D eigenvalue weighted by atomic mass is 10.2. The molecule has 2 aromatic carbocycles. The van der Waals surface area contributed by atoms with Crippen molar-refractivity contribution in [3.05, 3.63) is 60.2 Å². The minimum atomic E-state index is -0.150. The van der Waals surface area contributed by atoms with E-state index in [0.717, 1.165) is 18.6 Å². The highest BCUT2D eigenvalue weighted by molar-refractivity contribution is 7.98. The maximum atomic E-state index is 11.5. The Balaban J connectivity index is 1.83. The van der Waals surface area contributed by atoms with Gasteiger partial charge in [-0.1, -0.05) is 43.7 Å². The van der Waals surface area contributed by atoms with Crippen molar-refractivity contribution in [2.24, 2.45) is 0 Å². The number of rotatable bonds is 7. The summed E-state index contributed by atoms with van der Waals surface area (Å²) in [5, 5.41) is 0. The van der Waals surface area contributed by atoms with Crippen molar-refractivity contribution in [1.82, 2.24) is 0 Å². The fourth-order valence-corrected chi connectivity index (χ4v) is 2.72. The lowest BCUT2D eigenvalue weighted by Crippen LogP contribution is -2.07. The fourth-order valence-electron chi connectivity index (χ4n) is 1.84. The Morgan fingerprint density at radius 3 is 2.43 bits per heavy atom. The highest BCUT2D eigenvalue weighted by atomic mass is 32.2. The summed E-state index contributed by atoms with van der Waals surface area (Å²) in [5.74, 6) is 1.39. The number of ether oxygens (including phenoxy) is 1. The molecule has 0 amide bonds. The molecule has 3 heteroatoms. The van der Waals surface area contributed by atoms with Gasteiger partial charge in [0.15, 0.2) is 0 Å². The van der Waals surface area contributed by atoms with Crippen LogP contribution >= 0.6 is 11.8 Å². The number of carbonyl (C=O) groups is 1. The van der Waals surface area contributed by atoms with Gasteiger partial charge in [-0.3, -0.25) is 4.79 Å². The Morgan fingerprint density at radius 1 is 1.05 bits per heavy atom. The van der Waals surface area contributed by atoms with E-state index in [0.29, 0.717) is 12.2 Å². The summed E-state index contributed by atoms with van der Waals surface area (Å²) in [5.41, 5.74) is 1.22. The molecule has 21 heavy (non-hydrogen) atoms. The van der Waals surface area contributed by atoms with Gasteiger partial charge >= 0.3 is 5.97 Å². The number of hydrogen-bond acceptors (Lipinski definition) is 3. The van der Waals surface area contributed by atoms with Crippen LogP contribution < -0.4 is 4.74 Å². The highest BCUT2D eigenvalue weighted by Gasteiger charge is 2.04. The van der Waals surface area contributed by atoms with E-state index >= 15 is 0 Å². The maximum Gasteiger partial charge on any atom is 0.311 e. The first-order valence-electron chi connectivity index (χ1n) is 7.25. The average molecular weight is 300 g/mol. The van der Waals surface area contributed by atoms with Crippen LogP contribution in [0.4, 0.5) is 0 Å². The minimum Gasteiger partial charge on any atom is -0.427 e. The van der Waals surface area contributed by atoms with Crippen molar-refractivity contribution < 1.29 is 9.53 Å². The van der Waals surface area contributed by atoms with Gasteiger partial charge < -0.3 is 4.74 Å². The van der Waals surface area contributed by atoms with Crippen LogP contribution in [0.25, 0.3) is 0 Å². The van der Waals surface area contributed by atoms with Crippen LogP contribution in [-0.2, 0) is 10.5 Å². The van der Waals surface area contributed by atoms with Gasteiger partial charge in [-0.15, -0.1) is 11.8 Å². The highest BCUT2D eigenvalue weighted by Crippen LogP contribution is 2.23. The lowest BCUT2D eigenvalue weighted by molar-refractivity contribution is -0.134. The predicted octanol–water partition coefficient (Wildman–Crippen LogP) is 5.07. The fraction of sp³-hybridized carbons (Fsp3) is 0.278. The van der Waals surface area contributed by atoms with Gasteiger partial charge in [-0.2, -0.15) is 0 Å². The molecule has 0 heterocycles. The van der Waals surface area contributed by atoms with E-state index in [4.69, 9.17) is 4.74 Å². The Kier molecular flexibility index (Phi) is 6.35. The van der Waals surface area contributed by atoms with Crippen LogP contribution in [0.3, 0.4) is 0 Å². The quantitative estimate of drug-likeness (QED) is 0.405. The Hall–Kier alpha value is -1.74. The summed E-state index contributed by atoms with van der Waals surface area (Å²) in [6.45, 7) is 2.06. The molecule has 0 saturated carbocycles. The molecular formula is C18H20O2S. The molecule has 0 saturated heterocycles. The van der Waals surface area contributed by atoms with Gasteiger partial charge in [0, 0.05) is 17.1 Å². The monoisotopic (exact) mass is 300 g/mol. The minimum absolute atomic E-state index is 0.150. The zero-order chi connectivity index (χ0) is 14.9. The molecule has 0 atom stereocenters. The normalized spacial score (nSPS) is 10.3. The van der Waals surface area contributed by atoms with Gasteiger partial charge in [0.25, 0.3) is 0 Å². The Labute approximate surface area is 130 Å². The van der Waals surface area contributed by atoms with Crippen LogP contribution in [0.2, 0.25) is 0 Å². The van der Waals surface area contributed by atoms with E-state index in [1.54, 1.807) is 11.8 Å². The molecule has 2 nitrogen and oxygen atoms in total. The standard InChI is InChI=1S/C18H20O2S/c1-2-3-9-18(19)20-16-12-10-15(11-13-16)14-21-17-7-5-4-6-8-17/h4-8,10-13H,2-3,9,14H2,1H3. The van der Waals surface area contributed by atoms with Crippen molar-refractivity contribution in [1.29, 1.82) is 0 Å². The third-order valence-corrected chi connectivity index (χ3v) is 4.12. The van der Waals surface area contributed by atoms with Crippen molar-refractivity contribution in [3.63, 3.8) is 0 Å². The molecular weight excluding hydrogens is 280 g/mol. The number of carbonyl (C=O) groups excluding carboxylic acids is 1. The lowest BCUT2D eigenvalue weighted by Gasteiger charge is -2.06. The molecule has 0 aliphatic carbocycles. The molecule has 0 aromatic heterocycles. The smallest absolute Gasteiger partial charge is 0.311 e. The van der Waals surface area contributed by atoms with Crippen molar-refractivity contribution in [3.8, 4) is 5.75 Å². The second kappa shape index (κ2) is 8.53. The third-order valence-electron chi connectivity index (χ3n) is 3.04. The number of thioether (sulfide) groups is 1. The van der Waals surface area contributed by atoms with Crippen LogP contribution in [0.5, 0.6) is 5.75 Å². The van der Waals surface area contributed by atoms with Gasteiger partial charge in [-0.05, 0) is 36.2 Å². The van der Waals surface area contributed by atoms with E-state index in [2.05, 4.69) is 19.1 Å². The van der Waals surface area contributed by atoms with Crippen LogP contribution in [-0.4, -0.2) is 5.97 Å². The van der Waals surface area contributed by atoms with E-state index in [9.17, 15) is 4.79 Å². The Bertz CT molecular complexity index is 549. The predicted molar refractivity (Wildman–Crippen MR) is 87.6 cm³/mol. The molecule has 2 aromatic rings. The summed E-state index contributed by atoms with van der Waals surface area (Å²) < 4.78 is 5.29. The largest absolute Gasteiger partial charge is 0.427 e. The first-order chi connectivity index (χ1) is 10.3. The molecule has 0 radical (unpaired) electrons. The third kappa shape index (κ3) is 5.64. The molecule has 0 fully saturated rings. The molecule has 110 valence electrons. The number of esters is 1. The van der Waals surface area contributed by atoms with Crippen molar-refractivity contribution >= 4 is 17.7 Å². The molecule has 0 bridgehead atoms. The maximum absolute atomic E-state index is 11.5. The van der Waals surface area contributed by atoms with Crippen molar-refractivity contribution in [2.45, 2.75) is 36.8 Å². The van der Waals surface area contributed by atoms with E-state index < -0.39 is 0 Å². The summed E-state index contributed by atoms with van der Waals surface area (Å²) in [7, 11) is 0. The SMILES string of the molecule is CCCCC(=O)Oc1ccc(CSc2ccccc2)cc1. The molecule has 0 N–H and O–H groups in total. The van der Waals surface area contributed by atoms with Crippen LogP contribution in [0.15, 0.2) is 59.5 Å². The first-order valence-corrected chi connectivity index (χ1v) is 8.24. The summed E-state index contributed by atoms with van der Waals surface area (Å²) in [4.78, 5) is 12.8. The van der Waals surface area contributed by atoms with Gasteiger partial charge in [0.05, 0.1) is 0 Å². The molecule has 0 unspecified atom stereocenters. The zero-order valence-corrected chi connectivity index (χ0v) is 13.1. The molecule has 0 aliphatic heterocycles. The van der Waals surface area contributed by atoms with Crippen LogP contribution in [0, 0.1) is 0 Å². The number of hydrogen-bond donors (Lipinski definition) is 0. The summed E-state index contributed by atoms with van der Waals surface area (Å²) in [6.07, 6.45) is 2.37. The summed E-state index contributed by atoms with van der Waals surface area (Å²) in [6, 6.07) is 18.1. The molecule has 0 aliphatic rings. The first kappa shape index (κ1) is 15.6. The molecule has 2 rings (SSSR count). The topological polar surface area (TPSA) is 26.3 Å².